The Morgan fingerprint density at radius 1 is 1.45 bits per heavy atom. The van der Waals surface area contributed by atoms with Crippen molar-refractivity contribution in [2.24, 2.45) is 5.92 Å². The highest BCUT2D eigenvalue weighted by Crippen LogP contribution is 2.34. The zero-order valence-corrected chi connectivity index (χ0v) is 12.0. The van der Waals surface area contributed by atoms with Crippen LogP contribution in [0.3, 0.4) is 0 Å². The molecule has 0 bridgehead atoms. The molecule has 1 fully saturated rings. The van der Waals surface area contributed by atoms with Crippen molar-refractivity contribution >= 4 is 0 Å². The van der Waals surface area contributed by atoms with Gasteiger partial charge in [-0.1, -0.05) is 18.1 Å². The summed E-state index contributed by atoms with van der Waals surface area (Å²) in [5.74, 6) is 2.05. The Morgan fingerprint density at radius 2 is 2.30 bits per heavy atom. The molecule has 1 N–H and O–H groups in total. The summed E-state index contributed by atoms with van der Waals surface area (Å²) in [6.45, 7) is 5.11. The van der Waals surface area contributed by atoms with Crippen molar-refractivity contribution < 1.29 is 4.52 Å². The second-order valence-corrected chi connectivity index (χ2v) is 5.39. The Bertz CT molecular complexity index is 577. The van der Waals surface area contributed by atoms with E-state index in [4.69, 9.17) is 4.52 Å². The van der Waals surface area contributed by atoms with Crippen LogP contribution in [0.2, 0.25) is 0 Å². The van der Waals surface area contributed by atoms with Crippen molar-refractivity contribution in [3.05, 3.63) is 29.8 Å². The summed E-state index contributed by atoms with van der Waals surface area (Å²) < 4.78 is 5.39. The lowest BCUT2D eigenvalue weighted by atomic mass is 10.1. The third kappa shape index (κ3) is 2.88. The zero-order valence-electron chi connectivity index (χ0n) is 12.0. The maximum Gasteiger partial charge on any atom is 0.228 e. The van der Waals surface area contributed by atoms with Gasteiger partial charge in [-0.3, -0.25) is 4.98 Å². The van der Waals surface area contributed by atoms with Gasteiger partial charge in [-0.15, -0.1) is 0 Å². The van der Waals surface area contributed by atoms with Gasteiger partial charge in [-0.05, 0) is 43.9 Å². The van der Waals surface area contributed by atoms with Crippen molar-refractivity contribution in [2.45, 2.75) is 39.2 Å². The Hall–Kier alpha value is -1.75. The monoisotopic (exact) mass is 272 g/mol. The normalized spacial score (nSPS) is 16.3. The molecule has 3 rings (SSSR count). The maximum absolute atomic E-state index is 5.39. The fourth-order valence-corrected chi connectivity index (χ4v) is 2.51. The summed E-state index contributed by atoms with van der Waals surface area (Å²) in [6, 6.07) is 4.37. The van der Waals surface area contributed by atoms with Crippen LogP contribution in [0.15, 0.2) is 22.9 Å². The fraction of sp³-hybridized carbons (Fsp3) is 0.533. The van der Waals surface area contributed by atoms with Crippen LogP contribution in [0.25, 0.3) is 11.5 Å². The first-order valence-electron chi connectivity index (χ1n) is 7.26. The van der Waals surface area contributed by atoms with Crippen molar-refractivity contribution in [1.82, 2.24) is 20.4 Å². The molecule has 0 saturated heterocycles. The first kappa shape index (κ1) is 13.2. The molecule has 1 atom stereocenters. The van der Waals surface area contributed by atoms with Crippen molar-refractivity contribution in [3.63, 3.8) is 0 Å². The molecule has 1 aliphatic carbocycles. The van der Waals surface area contributed by atoms with Gasteiger partial charge in [0.1, 0.15) is 5.69 Å². The largest absolute Gasteiger partial charge is 0.339 e. The van der Waals surface area contributed by atoms with Crippen LogP contribution in [-0.4, -0.2) is 27.7 Å². The number of nitrogens with zero attached hydrogens (tertiary/aromatic N) is 3. The summed E-state index contributed by atoms with van der Waals surface area (Å²) in [6.07, 6.45) is 5.16. The summed E-state index contributed by atoms with van der Waals surface area (Å²) >= 11 is 0. The number of nitrogens with one attached hydrogen (secondary N) is 1. The number of rotatable bonds is 6. The van der Waals surface area contributed by atoms with E-state index in [0.29, 0.717) is 17.8 Å². The van der Waals surface area contributed by atoms with Crippen molar-refractivity contribution in [2.75, 3.05) is 6.54 Å². The minimum atomic E-state index is 0.457. The van der Waals surface area contributed by atoms with E-state index in [9.17, 15) is 0 Å². The molecule has 2 aromatic heterocycles. The van der Waals surface area contributed by atoms with Crippen LogP contribution in [-0.2, 0) is 6.42 Å². The highest BCUT2D eigenvalue weighted by atomic mass is 16.5. The van der Waals surface area contributed by atoms with Crippen molar-refractivity contribution in [3.8, 4) is 11.5 Å². The summed E-state index contributed by atoms with van der Waals surface area (Å²) in [4.78, 5) is 8.82. The van der Waals surface area contributed by atoms with Crippen LogP contribution in [0.1, 0.15) is 31.2 Å². The number of hydrogen-bond acceptors (Lipinski definition) is 5. The molecule has 1 aliphatic rings. The number of pyridine rings is 1. The maximum atomic E-state index is 5.39. The molecule has 5 heteroatoms. The van der Waals surface area contributed by atoms with Gasteiger partial charge in [0.15, 0.2) is 0 Å². The molecule has 0 aromatic carbocycles. The minimum Gasteiger partial charge on any atom is -0.339 e. The zero-order chi connectivity index (χ0) is 13.9. The minimum absolute atomic E-state index is 0.457. The highest BCUT2D eigenvalue weighted by molar-refractivity contribution is 5.53. The third-order valence-corrected chi connectivity index (χ3v) is 3.74. The topological polar surface area (TPSA) is 63.8 Å². The van der Waals surface area contributed by atoms with Gasteiger partial charge in [0.2, 0.25) is 11.7 Å². The molecule has 1 saturated carbocycles. The second kappa shape index (κ2) is 5.71. The molecular formula is C15H20N4O. The lowest BCUT2D eigenvalue weighted by molar-refractivity contribution is 0.348. The van der Waals surface area contributed by atoms with E-state index < -0.39 is 0 Å². The number of hydrogen-bond donors (Lipinski definition) is 1. The second-order valence-electron chi connectivity index (χ2n) is 5.39. The molecular weight excluding hydrogens is 252 g/mol. The van der Waals surface area contributed by atoms with E-state index >= 15 is 0 Å². The number of aromatic nitrogens is 3. The van der Waals surface area contributed by atoms with E-state index in [1.807, 2.05) is 19.1 Å². The lowest BCUT2D eigenvalue weighted by Crippen LogP contribution is -2.33. The predicted molar refractivity (Wildman–Crippen MR) is 76.2 cm³/mol. The van der Waals surface area contributed by atoms with Crippen LogP contribution >= 0.6 is 0 Å². The highest BCUT2D eigenvalue weighted by Gasteiger charge is 2.32. The Morgan fingerprint density at radius 3 is 3.00 bits per heavy atom. The smallest absolute Gasteiger partial charge is 0.228 e. The van der Waals surface area contributed by atoms with Crippen LogP contribution in [0.5, 0.6) is 0 Å². The third-order valence-electron chi connectivity index (χ3n) is 3.74. The summed E-state index contributed by atoms with van der Waals surface area (Å²) in [5.41, 5.74) is 1.86. The Kier molecular flexibility index (Phi) is 3.78. The van der Waals surface area contributed by atoms with Gasteiger partial charge in [0.05, 0.1) is 0 Å². The molecule has 2 aromatic rings. The molecule has 0 radical (unpaired) electrons. The van der Waals surface area contributed by atoms with Gasteiger partial charge >= 0.3 is 0 Å². The van der Waals surface area contributed by atoms with Gasteiger partial charge in [-0.2, -0.15) is 4.98 Å². The molecule has 0 amide bonds. The Balaban J connectivity index is 1.75. The van der Waals surface area contributed by atoms with Gasteiger partial charge in [0, 0.05) is 18.7 Å². The van der Waals surface area contributed by atoms with Crippen LogP contribution < -0.4 is 5.32 Å². The number of aryl methyl sites for hydroxylation is 1. The predicted octanol–water partition coefficient (Wildman–Crippen LogP) is 2.37. The molecule has 2 heterocycles. The average molecular weight is 272 g/mol. The average Bonchev–Trinajstić information content (AvgIpc) is 3.20. The van der Waals surface area contributed by atoms with Crippen LogP contribution in [0, 0.1) is 12.8 Å². The Labute approximate surface area is 118 Å². The summed E-state index contributed by atoms with van der Waals surface area (Å²) in [7, 11) is 0. The molecule has 0 spiro atoms. The van der Waals surface area contributed by atoms with Crippen molar-refractivity contribution in [1.29, 1.82) is 0 Å². The quantitative estimate of drug-likeness (QED) is 0.874. The van der Waals surface area contributed by atoms with Crippen LogP contribution in [0.4, 0.5) is 0 Å². The standard InChI is InChI=1S/C15H20N4O/c1-3-16-12(11-6-7-11)9-13-18-15(19-20-13)14-10(2)5-4-8-17-14/h4-5,8,11-12,16H,3,6-7,9H2,1-2H3. The van der Waals surface area contributed by atoms with E-state index in [-0.39, 0.29) is 0 Å². The molecule has 0 aliphatic heterocycles. The van der Waals surface area contributed by atoms with Gasteiger partial charge in [-0.25, -0.2) is 0 Å². The van der Waals surface area contributed by atoms with Gasteiger partial charge in [0.25, 0.3) is 0 Å². The lowest BCUT2D eigenvalue weighted by Gasteiger charge is -2.14. The number of likely N-dealkylation sites (N-methyl/N-ethyl adjacent to an activating group) is 1. The first-order valence-corrected chi connectivity index (χ1v) is 7.26. The SMILES string of the molecule is CCNC(Cc1nc(-c2ncccc2C)no1)C1CC1. The van der Waals surface area contributed by atoms with E-state index in [1.54, 1.807) is 6.20 Å². The summed E-state index contributed by atoms with van der Waals surface area (Å²) in [5, 5.41) is 7.57. The molecule has 5 nitrogen and oxygen atoms in total. The molecule has 1 unspecified atom stereocenters. The van der Waals surface area contributed by atoms with E-state index in [1.165, 1.54) is 12.8 Å². The van der Waals surface area contributed by atoms with E-state index in [2.05, 4.69) is 27.4 Å². The first-order chi connectivity index (χ1) is 9.78. The fourth-order valence-electron chi connectivity index (χ4n) is 2.51. The van der Waals surface area contributed by atoms with E-state index in [0.717, 1.165) is 30.1 Å². The molecule has 20 heavy (non-hydrogen) atoms. The van der Waals surface area contributed by atoms with Gasteiger partial charge < -0.3 is 9.84 Å². The molecule has 106 valence electrons.